The highest BCUT2D eigenvalue weighted by molar-refractivity contribution is 7.99. The number of carbonyl (C=O) groups excluding carboxylic acids is 2. The van der Waals surface area contributed by atoms with E-state index in [-0.39, 0.29) is 11.8 Å². The maximum Gasteiger partial charge on any atom is 0.261 e. The van der Waals surface area contributed by atoms with Crippen molar-refractivity contribution in [2.24, 2.45) is 0 Å². The van der Waals surface area contributed by atoms with Gasteiger partial charge in [-0.3, -0.25) is 9.59 Å². The van der Waals surface area contributed by atoms with Gasteiger partial charge in [0, 0.05) is 29.7 Å². The van der Waals surface area contributed by atoms with Gasteiger partial charge in [-0.25, -0.2) is 4.98 Å². The molecule has 30 heavy (non-hydrogen) atoms. The molecule has 0 aliphatic carbocycles. The summed E-state index contributed by atoms with van der Waals surface area (Å²) >= 11 is 1.41. The van der Waals surface area contributed by atoms with E-state index in [0.717, 1.165) is 21.9 Å². The van der Waals surface area contributed by atoms with Crippen molar-refractivity contribution in [2.45, 2.75) is 23.4 Å². The first-order valence-corrected chi connectivity index (χ1v) is 10.4. The monoisotopic (exact) mass is 419 g/mol. The molecule has 1 aliphatic rings. The lowest BCUT2D eigenvalue weighted by Gasteiger charge is -2.21. The Bertz CT molecular complexity index is 1120. The van der Waals surface area contributed by atoms with Gasteiger partial charge in [0.05, 0.1) is 18.4 Å². The van der Waals surface area contributed by atoms with E-state index < -0.39 is 0 Å². The standard InChI is InChI=1S/C23H21N3O3S/c1-3-26-19-10-9-16(21(27)25-14-15-6-4-7-17(12-15)29-2)13-20(19)30-22-18(23(26)28)8-5-11-24-22/h4-13H,3,14H2,1-2H3,(H,25,27). The molecular weight excluding hydrogens is 398 g/mol. The number of rotatable bonds is 5. The van der Waals surface area contributed by atoms with Crippen LogP contribution in [0.4, 0.5) is 5.69 Å². The van der Waals surface area contributed by atoms with E-state index in [9.17, 15) is 9.59 Å². The third-order valence-corrected chi connectivity index (χ3v) is 5.94. The highest BCUT2D eigenvalue weighted by atomic mass is 32.2. The lowest BCUT2D eigenvalue weighted by molar-refractivity contribution is 0.0949. The largest absolute Gasteiger partial charge is 0.497 e. The zero-order valence-electron chi connectivity index (χ0n) is 16.7. The number of nitrogens with zero attached hydrogens (tertiary/aromatic N) is 2. The second kappa shape index (κ2) is 8.59. The van der Waals surface area contributed by atoms with Crippen LogP contribution in [0.15, 0.2) is 70.7 Å². The predicted octanol–water partition coefficient (Wildman–Crippen LogP) is 4.15. The van der Waals surface area contributed by atoms with Crippen molar-refractivity contribution < 1.29 is 14.3 Å². The highest BCUT2D eigenvalue weighted by Crippen LogP contribution is 2.40. The normalized spacial score (nSPS) is 12.6. The van der Waals surface area contributed by atoms with Crippen LogP contribution in [-0.2, 0) is 6.54 Å². The number of aromatic nitrogens is 1. The van der Waals surface area contributed by atoms with Crippen LogP contribution < -0.4 is 15.0 Å². The van der Waals surface area contributed by atoms with Gasteiger partial charge in [0.25, 0.3) is 11.8 Å². The van der Waals surface area contributed by atoms with Crippen LogP contribution in [0.5, 0.6) is 5.75 Å². The number of pyridine rings is 1. The Balaban J connectivity index is 1.59. The van der Waals surface area contributed by atoms with Crippen LogP contribution in [-0.4, -0.2) is 30.5 Å². The third kappa shape index (κ3) is 3.89. The van der Waals surface area contributed by atoms with Gasteiger partial charge in [-0.2, -0.15) is 0 Å². The molecular formula is C23H21N3O3S. The van der Waals surface area contributed by atoms with Gasteiger partial charge in [0.15, 0.2) is 0 Å². The van der Waals surface area contributed by atoms with E-state index in [0.29, 0.717) is 29.2 Å². The average Bonchev–Trinajstić information content (AvgIpc) is 2.90. The minimum atomic E-state index is -0.180. The van der Waals surface area contributed by atoms with Gasteiger partial charge in [-0.05, 0) is 55.0 Å². The minimum absolute atomic E-state index is 0.0814. The van der Waals surface area contributed by atoms with Gasteiger partial charge >= 0.3 is 0 Å². The Morgan fingerprint density at radius 2 is 2.03 bits per heavy atom. The number of fused-ring (bicyclic) bond motifs is 2. The molecule has 0 saturated carbocycles. The molecule has 2 aromatic carbocycles. The number of hydrogen-bond acceptors (Lipinski definition) is 5. The summed E-state index contributed by atoms with van der Waals surface area (Å²) in [5.41, 5.74) is 2.85. The number of benzene rings is 2. The van der Waals surface area contributed by atoms with E-state index in [4.69, 9.17) is 4.74 Å². The van der Waals surface area contributed by atoms with Crippen LogP contribution in [0.25, 0.3) is 0 Å². The number of methoxy groups -OCH3 is 1. The highest BCUT2D eigenvalue weighted by Gasteiger charge is 2.27. The molecule has 7 heteroatoms. The summed E-state index contributed by atoms with van der Waals surface area (Å²) < 4.78 is 5.22. The fraction of sp³-hybridized carbons (Fsp3) is 0.174. The average molecular weight is 420 g/mol. The second-order valence-electron chi connectivity index (χ2n) is 6.72. The molecule has 2 amide bonds. The number of hydrogen-bond donors (Lipinski definition) is 1. The lowest BCUT2D eigenvalue weighted by Crippen LogP contribution is -2.30. The van der Waals surface area contributed by atoms with Gasteiger partial charge in [0.1, 0.15) is 10.8 Å². The summed E-state index contributed by atoms with van der Waals surface area (Å²) in [7, 11) is 1.61. The van der Waals surface area contributed by atoms with E-state index in [2.05, 4.69) is 10.3 Å². The maximum absolute atomic E-state index is 12.9. The van der Waals surface area contributed by atoms with Crippen molar-refractivity contribution in [3.8, 4) is 5.75 Å². The number of anilines is 1. The fourth-order valence-corrected chi connectivity index (χ4v) is 4.39. The summed E-state index contributed by atoms with van der Waals surface area (Å²) in [4.78, 5) is 32.6. The van der Waals surface area contributed by atoms with Crippen LogP contribution >= 0.6 is 11.8 Å². The van der Waals surface area contributed by atoms with Gasteiger partial charge < -0.3 is 15.0 Å². The summed E-state index contributed by atoms with van der Waals surface area (Å²) in [6.07, 6.45) is 1.67. The maximum atomic E-state index is 12.9. The second-order valence-corrected chi connectivity index (χ2v) is 7.75. The molecule has 4 rings (SSSR count). The van der Waals surface area contributed by atoms with E-state index in [1.54, 1.807) is 36.4 Å². The third-order valence-electron chi connectivity index (χ3n) is 4.87. The molecule has 0 fully saturated rings. The topological polar surface area (TPSA) is 71.5 Å². The molecule has 1 aliphatic heterocycles. The Labute approximate surface area is 179 Å². The number of carbonyl (C=O) groups is 2. The first kappa shape index (κ1) is 20.0. The van der Waals surface area contributed by atoms with Crippen LogP contribution in [0.1, 0.15) is 33.2 Å². The number of amides is 2. The van der Waals surface area contributed by atoms with Crippen LogP contribution in [0.2, 0.25) is 0 Å². The Morgan fingerprint density at radius 3 is 2.83 bits per heavy atom. The summed E-state index contributed by atoms with van der Waals surface area (Å²) in [5, 5.41) is 3.59. The Kier molecular flexibility index (Phi) is 5.72. The van der Waals surface area contributed by atoms with E-state index in [1.165, 1.54) is 11.8 Å². The summed E-state index contributed by atoms with van der Waals surface area (Å²) in [6, 6.07) is 16.5. The number of ether oxygens (including phenoxy) is 1. The van der Waals surface area contributed by atoms with Crippen molar-refractivity contribution >= 4 is 29.3 Å². The molecule has 6 nitrogen and oxygen atoms in total. The molecule has 152 valence electrons. The Hall–Kier alpha value is -3.32. The van der Waals surface area contributed by atoms with Crippen molar-refractivity contribution in [2.75, 3.05) is 18.6 Å². The van der Waals surface area contributed by atoms with E-state index in [1.807, 2.05) is 43.3 Å². The minimum Gasteiger partial charge on any atom is -0.497 e. The Morgan fingerprint density at radius 1 is 1.17 bits per heavy atom. The summed E-state index contributed by atoms with van der Waals surface area (Å²) in [5.74, 6) is 0.488. The molecule has 0 radical (unpaired) electrons. The van der Waals surface area contributed by atoms with Crippen molar-refractivity contribution in [3.05, 3.63) is 77.5 Å². The fourth-order valence-electron chi connectivity index (χ4n) is 3.33. The van der Waals surface area contributed by atoms with Crippen LogP contribution in [0, 0.1) is 0 Å². The first-order chi connectivity index (χ1) is 14.6. The molecule has 1 aromatic heterocycles. The van der Waals surface area contributed by atoms with E-state index >= 15 is 0 Å². The first-order valence-electron chi connectivity index (χ1n) is 9.60. The smallest absolute Gasteiger partial charge is 0.261 e. The SMILES string of the molecule is CCN1C(=O)c2cccnc2Sc2cc(C(=O)NCc3cccc(OC)c3)ccc21. The van der Waals surface area contributed by atoms with Crippen molar-refractivity contribution in [3.63, 3.8) is 0 Å². The molecule has 0 bridgehead atoms. The zero-order chi connectivity index (χ0) is 21.1. The molecule has 1 N–H and O–H groups in total. The molecule has 0 atom stereocenters. The number of nitrogens with one attached hydrogen (secondary N) is 1. The molecule has 0 spiro atoms. The quantitative estimate of drug-likeness (QED) is 0.673. The van der Waals surface area contributed by atoms with Crippen molar-refractivity contribution in [1.29, 1.82) is 0 Å². The lowest BCUT2D eigenvalue weighted by atomic mass is 10.1. The molecule has 2 heterocycles. The molecule has 0 unspecified atom stereocenters. The van der Waals surface area contributed by atoms with Crippen LogP contribution in [0.3, 0.4) is 0 Å². The predicted molar refractivity (Wildman–Crippen MR) is 116 cm³/mol. The molecule has 0 saturated heterocycles. The van der Waals surface area contributed by atoms with Gasteiger partial charge in [-0.1, -0.05) is 23.9 Å². The zero-order valence-corrected chi connectivity index (χ0v) is 17.5. The van der Waals surface area contributed by atoms with Gasteiger partial charge in [0.2, 0.25) is 0 Å². The van der Waals surface area contributed by atoms with Crippen molar-refractivity contribution in [1.82, 2.24) is 10.3 Å². The molecule has 3 aromatic rings. The summed E-state index contributed by atoms with van der Waals surface area (Å²) in [6.45, 7) is 2.86. The van der Waals surface area contributed by atoms with Gasteiger partial charge in [-0.15, -0.1) is 0 Å².